The molecule has 20 heavy (non-hydrogen) atoms. The topological polar surface area (TPSA) is 53.2 Å². The molecule has 0 unspecified atom stereocenters. The van der Waals surface area contributed by atoms with E-state index in [-0.39, 0.29) is 16.0 Å². The molecule has 2 rings (SSSR count). The summed E-state index contributed by atoms with van der Waals surface area (Å²) in [6.45, 7) is 0. The van der Waals surface area contributed by atoms with E-state index in [0.717, 1.165) is 0 Å². The van der Waals surface area contributed by atoms with E-state index in [1.807, 2.05) is 0 Å². The lowest BCUT2D eigenvalue weighted by Crippen LogP contribution is -2.43. The molecule has 0 fully saturated rings. The average Bonchev–Trinajstić information content (AvgIpc) is 2.94. The van der Waals surface area contributed by atoms with E-state index in [9.17, 15) is 9.18 Å². The molecular weight excluding hydrogens is 321 g/mol. The number of rotatable bonds is 2. The summed E-state index contributed by atoms with van der Waals surface area (Å²) in [5, 5.41) is 6.43. The molecule has 0 spiro atoms. The highest BCUT2D eigenvalue weighted by Crippen LogP contribution is 2.19. The number of amides is 1. The maximum atomic E-state index is 13.0. The van der Waals surface area contributed by atoms with Crippen molar-refractivity contribution in [1.29, 1.82) is 0 Å². The van der Waals surface area contributed by atoms with Gasteiger partial charge in [-0.2, -0.15) is 11.3 Å². The van der Waals surface area contributed by atoms with Crippen molar-refractivity contribution in [2.45, 2.75) is 0 Å². The number of halogens is 2. The van der Waals surface area contributed by atoms with Gasteiger partial charge in [0.25, 0.3) is 5.91 Å². The number of benzene rings is 1. The van der Waals surface area contributed by atoms with E-state index in [4.69, 9.17) is 23.8 Å². The van der Waals surface area contributed by atoms with Crippen molar-refractivity contribution in [2.75, 3.05) is 5.32 Å². The van der Waals surface area contributed by atoms with E-state index < -0.39 is 5.82 Å². The van der Waals surface area contributed by atoms with Crippen LogP contribution in [0.3, 0.4) is 0 Å². The van der Waals surface area contributed by atoms with Gasteiger partial charge < -0.3 is 5.32 Å². The Morgan fingerprint density at radius 1 is 1.30 bits per heavy atom. The number of nitrogens with one attached hydrogen (secondary N) is 3. The fourth-order valence-electron chi connectivity index (χ4n) is 1.32. The van der Waals surface area contributed by atoms with Gasteiger partial charge in [-0.25, -0.2) is 4.39 Å². The fraction of sp³-hybridized carbons (Fsp3) is 0. The molecule has 2 aromatic rings. The Labute approximate surface area is 128 Å². The highest BCUT2D eigenvalue weighted by molar-refractivity contribution is 7.80. The maximum absolute atomic E-state index is 13.0. The summed E-state index contributed by atoms with van der Waals surface area (Å²) in [5.74, 6) is -0.811. The first-order valence-electron chi connectivity index (χ1n) is 5.41. The van der Waals surface area contributed by atoms with Gasteiger partial charge in [-0.3, -0.25) is 15.6 Å². The fourth-order valence-corrected chi connectivity index (χ4v) is 2.30. The molecule has 1 heterocycles. The normalized spacial score (nSPS) is 9.90. The molecule has 8 heteroatoms. The van der Waals surface area contributed by atoms with Gasteiger partial charge in [0.15, 0.2) is 5.11 Å². The lowest BCUT2D eigenvalue weighted by Gasteiger charge is -2.11. The molecule has 0 saturated carbocycles. The highest BCUT2D eigenvalue weighted by Gasteiger charge is 2.06. The van der Waals surface area contributed by atoms with Crippen molar-refractivity contribution < 1.29 is 9.18 Å². The summed E-state index contributed by atoms with van der Waals surface area (Å²) in [7, 11) is 0. The van der Waals surface area contributed by atoms with Crippen molar-refractivity contribution in [3.63, 3.8) is 0 Å². The Bertz CT molecular complexity index is 634. The van der Waals surface area contributed by atoms with Crippen LogP contribution >= 0.6 is 35.2 Å². The number of hydrazine groups is 1. The third-order valence-corrected chi connectivity index (χ3v) is 3.43. The highest BCUT2D eigenvalue weighted by atomic mass is 35.5. The van der Waals surface area contributed by atoms with Crippen LogP contribution in [-0.2, 0) is 0 Å². The summed E-state index contributed by atoms with van der Waals surface area (Å²) in [4.78, 5) is 11.6. The van der Waals surface area contributed by atoms with Crippen molar-refractivity contribution >= 4 is 51.9 Å². The summed E-state index contributed by atoms with van der Waals surface area (Å²) in [6, 6.07) is 5.79. The van der Waals surface area contributed by atoms with Crippen molar-refractivity contribution in [3.05, 3.63) is 51.4 Å². The first-order chi connectivity index (χ1) is 9.56. The Morgan fingerprint density at radius 2 is 2.10 bits per heavy atom. The number of anilines is 1. The van der Waals surface area contributed by atoms with Crippen LogP contribution in [-0.4, -0.2) is 11.0 Å². The second-order valence-corrected chi connectivity index (χ2v) is 5.27. The quantitative estimate of drug-likeness (QED) is 0.585. The summed E-state index contributed by atoms with van der Waals surface area (Å²) < 4.78 is 13.0. The average molecular weight is 330 g/mol. The molecule has 0 aliphatic heterocycles. The third kappa shape index (κ3) is 3.89. The van der Waals surface area contributed by atoms with Gasteiger partial charge in [-0.1, -0.05) is 11.6 Å². The molecule has 1 amide bonds. The Kier molecular flexibility index (Phi) is 4.89. The molecule has 104 valence electrons. The van der Waals surface area contributed by atoms with Crippen LogP contribution in [0.25, 0.3) is 0 Å². The summed E-state index contributed by atoms with van der Waals surface area (Å²) in [6.07, 6.45) is 0. The van der Waals surface area contributed by atoms with Gasteiger partial charge in [0.2, 0.25) is 0 Å². The molecule has 3 N–H and O–H groups in total. The first kappa shape index (κ1) is 14.7. The summed E-state index contributed by atoms with van der Waals surface area (Å²) in [5.41, 5.74) is 6.03. The zero-order valence-corrected chi connectivity index (χ0v) is 12.3. The predicted molar refractivity (Wildman–Crippen MR) is 82.6 cm³/mol. The molecular formula is C12H9ClFN3OS2. The third-order valence-electron chi connectivity index (χ3n) is 2.25. The van der Waals surface area contributed by atoms with Crippen LogP contribution < -0.4 is 16.2 Å². The SMILES string of the molecule is O=C(NNC(=S)Nc1ccc(F)c(Cl)c1)c1ccsc1. The second-order valence-electron chi connectivity index (χ2n) is 3.67. The Morgan fingerprint density at radius 3 is 2.75 bits per heavy atom. The number of hydrogen-bond donors (Lipinski definition) is 3. The van der Waals surface area contributed by atoms with Gasteiger partial charge >= 0.3 is 0 Å². The van der Waals surface area contributed by atoms with E-state index >= 15 is 0 Å². The van der Waals surface area contributed by atoms with E-state index in [0.29, 0.717) is 11.3 Å². The molecule has 4 nitrogen and oxygen atoms in total. The molecule has 1 aromatic carbocycles. The van der Waals surface area contributed by atoms with E-state index in [1.54, 1.807) is 16.8 Å². The summed E-state index contributed by atoms with van der Waals surface area (Å²) >= 11 is 12.1. The van der Waals surface area contributed by atoms with Crippen LogP contribution in [0.4, 0.5) is 10.1 Å². The van der Waals surface area contributed by atoms with E-state index in [1.165, 1.54) is 29.5 Å². The number of hydrogen-bond acceptors (Lipinski definition) is 3. The standard InChI is InChI=1S/C12H9ClFN3OS2/c13-9-5-8(1-2-10(9)14)15-12(19)17-16-11(18)7-3-4-20-6-7/h1-6H,(H,16,18)(H2,15,17,19). The van der Waals surface area contributed by atoms with Crippen LogP contribution in [0.1, 0.15) is 10.4 Å². The van der Waals surface area contributed by atoms with Crippen LogP contribution in [0.15, 0.2) is 35.0 Å². The zero-order chi connectivity index (χ0) is 14.5. The number of carbonyl (C=O) groups excluding carboxylic acids is 1. The first-order valence-corrected chi connectivity index (χ1v) is 7.14. The monoisotopic (exact) mass is 329 g/mol. The Balaban J connectivity index is 1.86. The minimum Gasteiger partial charge on any atom is -0.331 e. The van der Waals surface area contributed by atoms with Gasteiger partial charge in [-0.15, -0.1) is 0 Å². The Hall–Kier alpha value is -1.70. The number of carbonyl (C=O) groups is 1. The van der Waals surface area contributed by atoms with Crippen LogP contribution in [0.2, 0.25) is 5.02 Å². The molecule has 0 aliphatic rings. The van der Waals surface area contributed by atoms with Crippen LogP contribution in [0.5, 0.6) is 0 Å². The van der Waals surface area contributed by atoms with Gasteiger partial charge in [0, 0.05) is 11.1 Å². The van der Waals surface area contributed by atoms with Gasteiger partial charge in [-0.05, 0) is 41.9 Å². The molecule has 0 aliphatic carbocycles. The minimum absolute atomic E-state index is 0.0138. The minimum atomic E-state index is -0.512. The largest absolute Gasteiger partial charge is 0.331 e. The molecule has 0 atom stereocenters. The van der Waals surface area contributed by atoms with Crippen molar-refractivity contribution in [1.82, 2.24) is 10.9 Å². The number of thiocarbonyl (C=S) groups is 1. The zero-order valence-electron chi connectivity index (χ0n) is 9.94. The second kappa shape index (κ2) is 6.65. The maximum Gasteiger partial charge on any atom is 0.270 e. The van der Waals surface area contributed by atoms with Crippen molar-refractivity contribution in [2.24, 2.45) is 0 Å². The molecule has 0 saturated heterocycles. The van der Waals surface area contributed by atoms with Gasteiger partial charge in [0.05, 0.1) is 10.6 Å². The lowest BCUT2D eigenvalue weighted by molar-refractivity contribution is 0.0944. The molecule has 0 bridgehead atoms. The molecule has 1 aromatic heterocycles. The molecule has 0 radical (unpaired) electrons. The number of thiophene rings is 1. The smallest absolute Gasteiger partial charge is 0.270 e. The van der Waals surface area contributed by atoms with Gasteiger partial charge in [0.1, 0.15) is 5.82 Å². The van der Waals surface area contributed by atoms with E-state index in [2.05, 4.69) is 16.2 Å². The lowest BCUT2D eigenvalue weighted by atomic mass is 10.3. The predicted octanol–water partition coefficient (Wildman–Crippen LogP) is 3.17. The van der Waals surface area contributed by atoms with Crippen LogP contribution in [0, 0.1) is 5.82 Å². The van der Waals surface area contributed by atoms with Crippen molar-refractivity contribution in [3.8, 4) is 0 Å².